The molecule has 0 amide bonds. The molecule has 146 valence electrons. The number of rotatable bonds is 4. The van der Waals surface area contributed by atoms with Gasteiger partial charge < -0.3 is 19.7 Å². The smallest absolute Gasteiger partial charge is 0.137 e. The minimum absolute atomic E-state index is 0.752. The Morgan fingerprint density at radius 1 is 1.03 bits per heavy atom. The lowest BCUT2D eigenvalue weighted by Crippen LogP contribution is -2.36. The number of anilines is 1. The van der Waals surface area contributed by atoms with Crippen LogP contribution in [0.25, 0.3) is 22.2 Å². The number of H-pyrrole nitrogens is 1. The van der Waals surface area contributed by atoms with Crippen molar-refractivity contribution in [1.82, 2.24) is 15.0 Å². The summed E-state index contributed by atoms with van der Waals surface area (Å²) in [5.41, 5.74) is 5.64. The number of benzene rings is 1. The van der Waals surface area contributed by atoms with Gasteiger partial charge in [0, 0.05) is 65.6 Å². The molecule has 1 fully saturated rings. The van der Waals surface area contributed by atoms with Crippen molar-refractivity contribution in [2.45, 2.75) is 6.10 Å². The van der Waals surface area contributed by atoms with Crippen molar-refractivity contribution in [3.05, 3.63) is 78.4 Å². The Balaban J connectivity index is 1.46. The van der Waals surface area contributed by atoms with E-state index in [2.05, 4.69) is 50.2 Å². The minimum Gasteiger partial charge on any atom is -0.384 e. The zero-order valence-corrected chi connectivity index (χ0v) is 16.0. The van der Waals surface area contributed by atoms with Crippen LogP contribution >= 0.6 is 0 Å². The van der Waals surface area contributed by atoms with Gasteiger partial charge >= 0.3 is 0 Å². The van der Waals surface area contributed by atoms with E-state index in [0.717, 1.165) is 59.6 Å². The molecule has 1 aromatic carbocycles. The van der Waals surface area contributed by atoms with Crippen LogP contribution < -0.4 is 4.90 Å². The van der Waals surface area contributed by atoms with Crippen molar-refractivity contribution in [2.24, 2.45) is 0 Å². The van der Waals surface area contributed by atoms with Crippen molar-refractivity contribution in [2.75, 3.05) is 31.2 Å². The first kappa shape index (κ1) is 17.8. The fraction of sp³-hybridized carbons (Fsp3) is 0.217. The second-order valence-corrected chi connectivity index (χ2v) is 7.20. The number of ether oxygens (including phenoxy) is 1. The van der Waals surface area contributed by atoms with E-state index in [0.29, 0.717) is 0 Å². The maximum atomic E-state index is 10.8. The van der Waals surface area contributed by atoms with Crippen molar-refractivity contribution in [3.8, 4) is 11.1 Å². The molecule has 5 rings (SSSR count). The van der Waals surface area contributed by atoms with E-state index in [1.807, 2.05) is 24.5 Å². The molecule has 0 spiro atoms. The number of hydrogen-bond acceptors (Lipinski definition) is 5. The highest BCUT2D eigenvalue weighted by atomic mass is 16.5. The van der Waals surface area contributed by atoms with E-state index in [-0.39, 0.29) is 0 Å². The first-order valence-electron chi connectivity index (χ1n) is 9.78. The largest absolute Gasteiger partial charge is 0.384 e. The standard InChI is InChI=1S/C23H22N4O2/c28-22(17-2-1-7-24-13-17)21-15-26-23-20(21)12-18(14-25-23)16-3-5-19(6-4-16)27-8-10-29-11-9-27/h1-7,12-15,22,28H,8-11H2,(H,25,26). The number of aromatic amines is 1. The van der Waals surface area contributed by atoms with Gasteiger partial charge in [-0.25, -0.2) is 4.98 Å². The van der Waals surface area contributed by atoms with Gasteiger partial charge in [-0.15, -0.1) is 0 Å². The number of aromatic nitrogens is 3. The van der Waals surface area contributed by atoms with Crippen LogP contribution in [0.4, 0.5) is 5.69 Å². The molecule has 4 heterocycles. The van der Waals surface area contributed by atoms with Gasteiger partial charge in [-0.3, -0.25) is 4.98 Å². The van der Waals surface area contributed by atoms with Crippen LogP contribution in [-0.4, -0.2) is 46.4 Å². The van der Waals surface area contributed by atoms with E-state index in [4.69, 9.17) is 4.74 Å². The topological polar surface area (TPSA) is 74.3 Å². The fourth-order valence-electron chi connectivity index (χ4n) is 3.81. The lowest BCUT2D eigenvalue weighted by molar-refractivity contribution is 0.122. The quantitative estimate of drug-likeness (QED) is 0.561. The molecule has 1 atom stereocenters. The molecule has 1 saturated heterocycles. The molecule has 0 bridgehead atoms. The molecular formula is C23H22N4O2. The van der Waals surface area contributed by atoms with Gasteiger partial charge in [0.2, 0.25) is 0 Å². The predicted octanol–water partition coefficient (Wildman–Crippen LogP) is 3.54. The Morgan fingerprint density at radius 3 is 2.62 bits per heavy atom. The monoisotopic (exact) mass is 386 g/mol. The van der Waals surface area contributed by atoms with Gasteiger partial charge in [-0.1, -0.05) is 18.2 Å². The van der Waals surface area contributed by atoms with Crippen LogP contribution in [0.15, 0.2) is 67.3 Å². The van der Waals surface area contributed by atoms with Gasteiger partial charge in [-0.05, 0) is 29.8 Å². The van der Waals surface area contributed by atoms with Gasteiger partial charge in [0.15, 0.2) is 0 Å². The van der Waals surface area contributed by atoms with Crippen LogP contribution in [0.2, 0.25) is 0 Å². The third-order valence-corrected chi connectivity index (χ3v) is 5.43. The van der Waals surface area contributed by atoms with Gasteiger partial charge in [-0.2, -0.15) is 0 Å². The summed E-state index contributed by atoms with van der Waals surface area (Å²) >= 11 is 0. The highest BCUT2D eigenvalue weighted by Crippen LogP contribution is 2.31. The zero-order valence-electron chi connectivity index (χ0n) is 16.0. The molecule has 1 unspecified atom stereocenters. The summed E-state index contributed by atoms with van der Waals surface area (Å²) in [7, 11) is 0. The number of fused-ring (bicyclic) bond motifs is 1. The molecule has 0 saturated carbocycles. The molecule has 6 heteroatoms. The summed E-state index contributed by atoms with van der Waals surface area (Å²) in [5, 5.41) is 11.7. The maximum absolute atomic E-state index is 10.8. The first-order valence-corrected chi connectivity index (χ1v) is 9.78. The SMILES string of the molecule is OC(c1cccnc1)c1c[nH]c2ncc(-c3ccc(N4CCOCC4)cc3)cc12. The average molecular weight is 386 g/mol. The minimum atomic E-state index is -0.752. The second kappa shape index (κ2) is 7.66. The normalized spacial score (nSPS) is 15.6. The Hall–Kier alpha value is -3.22. The van der Waals surface area contributed by atoms with Crippen LogP contribution in [0.1, 0.15) is 17.2 Å². The summed E-state index contributed by atoms with van der Waals surface area (Å²) in [6, 6.07) is 14.3. The van der Waals surface area contributed by atoms with E-state index in [1.165, 1.54) is 5.69 Å². The van der Waals surface area contributed by atoms with E-state index >= 15 is 0 Å². The summed E-state index contributed by atoms with van der Waals surface area (Å²) in [6.07, 6.45) is 6.32. The van der Waals surface area contributed by atoms with Gasteiger partial charge in [0.05, 0.1) is 13.2 Å². The van der Waals surface area contributed by atoms with Crippen molar-refractivity contribution in [1.29, 1.82) is 0 Å². The highest BCUT2D eigenvalue weighted by molar-refractivity contribution is 5.85. The Labute approximate surface area is 168 Å². The van der Waals surface area contributed by atoms with Crippen LogP contribution in [-0.2, 0) is 4.74 Å². The van der Waals surface area contributed by atoms with Crippen molar-refractivity contribution < 1.29 is 9.84 Å². The third kappa shape index (κ3) is 3.48. The van der Waals surface area contributed by atoms with Crippen molar-refractivity contribution >= 4 is 16.7 Å². The number of aliphatic hydroxyl groups excluding tert-OH is 1. The lowest BCUT2D eigenvalue weighted by atomic mass is 10.0. The molecular weight excluding hydrogens is 364 g/mol. The highest BCUT2D eigenvalue weighted by Gasteiger charge is 2.17. The summed E-state index contributed by atoms with van der Waals surface area (Å²) < 4.78 is 5.43. The van der Waals surface area contributed by atoms with E-state index in [9.17, 15) is 5.11 Å². The molecule has 1 aliphatic heterocycles. The Morgan fingerprint density at radius 2 is 1.86 bits per heavy atom. The number of nitrogens with one attached hydrogen (secondary N) is 1. The molecule has 2 N–H and O–H groups in total. The molecule has 6 nitrogen and oxygen atoms in total. The Kier molecular flexibility index (Phi) is 4.71. The molecule has 0 radical (unpaired) electrons. The number of morpholine rings is 1. The van der Waals surface area contributed by atoms with Crippen molar-refractivity contribution in [3.63, 3.8) is 0 Å². The molecule has 29 heavy (non-hydrogen) atoms. The second-order valence-electron chi connectivity index (χ2n) is 7.20. The Bertz CT molecular complexity index is 1100. The van der Waals surface area contributed by atoms with Crippen LogP contribution in [0.5, 0.6) is 0 Å². The zero-order chi connectivity index (χ0) is 19.6. The van der Waals surface area contributed by atoms with Gasteiger partial charge in [0.1, 0.15) is 11.8 Å². The number of pyridine rings is 2. The fourth-order valence-corrected chi connectivity index (χ4v) is 3.81. The average Bonchev–Trinajstić information content (AvgIpc) is 3.23. The molecule has 0 aliphatic carbocycles. The van der Waals surface area contributed by atoms with E-state index < -0.39 is 6.10 Å². The summed E-state index contributed by atoms with van der Waals surface area (Å²) in [5.74, 6) is 0. The molecule has 4 aromatic rings. The summed E-state index contributed by atoms with van der Waals surface area (Å²) in [4.78, 5) is 14.2. The van der Waals surface area contributed by atoms with Crippen LogP contribution in [0.3, 0.4) is 0 Å². The maximum Gasteiger partial charge on any atom is 0.137 e. The number of hydrogen-bond donors (Lipinski definition) is 2. The number of aliphatic hydroxyl groups is 1. The van der Waals surface area contributed by atoms with Crippen LogP contribution in [0, 0.1) is 0 Å². The summed E-state index contributed by atoms with van der Waals surface area (Å²) in [6.45, 7) is 3.40. The molecule has 3 aromatic heterocycles. The number of nitrogens with zero attached hydrogens (tertiary/aromatic N) is 3. The lowest BCUT2D eigenvalue weighted by Gasteiger charge is -2.28. The molecule has 1 aliphatic rings. The first-order chi connectivity index (χ1) is 14.3. The van der Waals surface area contributed by atoms with Gasteiger partial charge in [0.25, 0.3) is 0 Å². The van der Waals surface area contributed by atoms with E-state index in [1.54, 1.807) is 12.4 Å². The third-order valence-electron chi connectivity index (χ3n) is 5.43. The predicted molar refractivity (Wildman–Crippen MR) is 113 cm³/mol.